The van der Waals surface area contributed by atoms with Gasteiger partial charge in [-0.05, 0) is 57.0 Å². The van der Waals surface area contributed by atoms with Gasteiger partial charge in [-0.25, -0.2) is 0 Å². The first-order valence-electron chi connectivity index (χ1n) is 7.91. The van der Waals surface area contributed by atoms with Crippen LogP contribution >= 0.6 is 0 Å². The molecule has 0 aromatic heterocycles. The maximum absolute atomic E-state index is 3.68. The van der Waals surface area contributed by atoms with Crippen LogP contribution in [0.2, 0.25) is 0 Å². The van der Waals surface area contributed by atoms with Gasteiger partial charge in [0.15, 0.2) is 0 Å². The number of hydrogen-bond donors (Lipinski definition) is 1. The fraction of sp³-hybridized carbons (Fsp3) is 1.00. The van der Waals surface area contributed by atoms with E-state index in [9.17, 15) is 0 Å². The molecule has 18 heavy (non-hydrogen) atoms. The molecule has 0 aromatic rings. The fourth-order valence-electron chi connectivity index (χ4n) is 4.15. The summed E-state index contributed by atoms with van der Waals surface area (Å²) >= 11 is 0. The third-order valence-corrected chi connectivity index (χ3v) is 5.14. The van der Waals surface area contributed by atoms with Gasteiger partial charge in [0.05, 0.1) is 0 Å². The third kappa shape index (κ3) is 3.71. The SMILES string of the molecule is CC1CC(C)(C)CCC1N(C)CC1CCCCN1. The lowest BCUT2D eigenvalue weighted by Gasteiger charge is -2.44. The van der Waals surface area contributed by atoms with Gasteiger partial charge in [-0.2, -0.15) is 0 Å². The van der Waals surface area contributed by atoms with E-state index >= 15 is 0 Å². The molecule has 2 rings (SSSR count). The molecular formula is C16H32N2. The number of hydrogen-bond acceptors (Lipinski definition) is 2. The highest BCUT2D eigenvalue weighted by Gasteiger charge is 2.34. The minimum Gasteiger partial charge on any atom is -0.313 e. The Morgan fingerprint density at radius 3 is 2.61 bits per heavy atom. The largest absolute Gasteiger partial charge is 0.313 e. The Kier molecular flexibility index (Phi) is 4.71. The van der Waals surface area contributed by atoms with Crippen LogP contribution in [0.5, 0.6) is 0 Å². The van der Waals surface area contributed by atoms with Crippen molar-refractivity contribution in [2.45, 2.75) is 71.4 Å². The van der Waals surface area contributed by atoms with Crippen molar-refractivity contribution in [1.82, 2.24) is 10.2 Å². The van der Waals surface area contributed by atoms with E-state index in [0.717, 1.165) is 18.0 Å². The molecular weight excluding hydrogens is 220 g/mol. The van der Waals surface area contributed by atoms with Gasteiger partial charge in [-0.1, -0.05) is 27.2 Å². The normalized spacial score (nSPS) is 36.8. The molecule has 2 aliphatic rings. The molecule has 1 N–H and O–H groups in total. The first kappa shape index (κ1) is 14.3. The summed E-state index contributed by atoms with van der Waals surface area (Å²) in [4.78, 5) is 2.64. The van der Waals surface area contributed by atoms with Crippen molar-refractivity contribution in [2.24, 2.45) is 11.3 Å². The summed E-state index contributed by atoms with van der Waals surface area (Å²) in [6.45, 7) is 9.79. The Morgan fingerprint density at radius 1 is 1.22 bits per heavy atom. The van der Waals surface area contributed by atoms with Gasteiger partial charge in [0.2, 0.25) is 0 Å². The van der Waals surface area contributed by atoms with Crippen LogP contribution in [0.15, 0.2) is 0 Å². The van der Waals surface area contributed by atoms with E-state index in [4.69, 9.17) is 0 Å². The second kappa shape index (κ2) is 5.92. The van der Waals surface area contributed by atoms with Gasteiger partial charge in [0.1, 0.15) is 0 Å². The summed E-state index contributed by atoms with van der Waals surface area (Å²) in [7, 11) is 2.34. The van der Waals surface area contributed by atoms with E-state index in [0.29, 0.717) is 5.41 Å². The van der Waals surface area contributed by atoms with Gasteiger partial charge < -0.3 is 10.2 Å². The highest BCUT2D eigenvalue weighted by Crippen LogP contribution is 2.40. The van der Waals surface area contributed by atoms with Crippen LogP contribution < -0.4 is 5.32 Å². The number of nitrogens with zero attached hydrogens (tertiary/aromatic N) is 1. The standard InChI is InChI=1S/C16H32N2/c1-13-11-16(2,3)9-8-15(13)18(4)12-14-7-5-6-10-17-14/h13-15,17H,5-12H2,1-4H3. The highest BCUT2D eigenvalue weighted by molar-refractivity contribution is 4.89. The van der Waals surface area contributed by atoms with E-state index in [1.807, 2.05) is 0 Å². The van der Waals surface area contributed by atoms with E-state index < -0.39 is 0 Å². The van der Waals surface area contributed by atoms with Crippen LogP contribution in [0.4, 0.5) is 0 Å². The van der Waals surface area contributed by atoms with Crippen LogP contribution in [0.1, 0.15) is 59.3 Å². The van der Waals surface area contributed by atoms with Crippen molar-refractivity contribution in [1.29, 1.82) is 0 Å². The summed E-state index contributed by atoms with van der Waals surface area (Å²) in [5, 5.41) is 3.68. The summed E-state index contributed by atoms with van der Waals surface area (Å²) in [5.41, 5.74) is 0.569. The van der Waals surface area contributed by atoms with Gasteiger partial charge in [0.25, 0.3) is 0 Å². The van der Waals surface area contributed by atoms with E-state index in [1.165, 1.54) is 51.6 Å². The Labute approximate surface area is 114 Å². The topological polar surface area (TPSA) is 15.3 Å². The van der Waals surface area contributed by atoms with Crippen molar-refractivity contribution in [2.75, 3.05) is 20.1 Å². The maximum atomic E-state index is 3.68. The molecule has 0 spiro atoms. The predicted molar refractivity (Wildman–Crippen MR) is 78.9 cm³/mol. The lowest BCUT2D eigenvalue weighted by atomic mass is 9.70. The molecule has 0 aromatic carbocycles. The lowest BCUT2D eigenvalue weighted by molar-refractivity contribution is 0.0687. The number of rotatable bonds is 3. The minimum atomic E-state index is 0.569. The average Bonchev–Trinajstić information content (AvgIpc) is 2.28. The van der Waals surface area contributed by atoms with E-state index in [-0.39, 0.29) is 0 Å². The van der Waals surface area contributed by atoms with Crippen molar-refractivity contribution >= 4 is 0 Å². The summed E-state index contributed by atoms with van der Waals surface area (Å²) in [6.07, 6.45) is 8.33. The van der Waals surface area contributed by atoms with Crippen LogP contribution in [0.3, 0.4) is 0 Å². The van der Waals surface area contributed by atoms with Crippen LogP contribution in [-0.2, 0) is 0 Å². The van der Waals surface area contributed by atoms with Crippen LogP contribution in [-0.4, -0.2) is 37.1 Å². The molecule has 1 saturated carbocycles. The average molecular weight is 252 g/mol. The Balaban J connectivity index is 1.83. The third-order valence-electron chi connectivity index (χ3n) is 5.14. The zero-order valence-electron chi connectivity index (χ0n) is 12.8. The molecule has 2 heteroatoms. The number of piperidine rings is 1. The predicted octanol–water partition coefficient (Wildman–Crippen LogP) is 3.28. The number of nitrogens with one attached hydrogen (secondary N) is 1. The zero-order chi connectivity index (χ0) is 13.2. The summed E-state index contributed by atoms with van der Waals surface area (Å²) in [6, 6.07) is 1.55. The molecule has 2 nitrogen and oxygen atoms in total. The fourth-order valence-corrected chi connectivity index (χ4v) is 4.15. The Morgan fingerprint density at radius 2 is 2.00 bits per heavy atom. The number of likely N-dealkylation sites (N-methyl/N-ethyl adjacent to an activating group) is 1. The van der Waals surface area contributed by atoms with Crippen molar-refractivity contribution in [3.63, 3.8) is 0 Å². The van der Waals surface area contributed by atoms with Crippen molar-refractivity contribution < 1.29 is 0 Å². The quantitative estimate of drug-likeness (QED) is 0.829. The van der Waals surface area contributed by atoms with Crippen LogP contribution in [0, 0.1) is 11.3 Å². The maximum Gasteiger partial charge on any atom is 0.0195 e. The minimum absolute atomic E-state index is 0.569. The second-order valence-electron chi connectivity index (χ2n) is 7.54. The van der Waals surface area contributed by atoms with Crippen LogP contribution in [0.25, 0.3) is 0 Å². The second-order valence-corrected chi connectivity index (χ2v) is 7.54. The molecule has 1 aliphatic carbocycles. The molecule has 2 fully saturated rings. The molecule has 3 atom stereocenters. The highest BCUT2D eigenvalue weighted by atomic mass is 15.2. The smallest absolute Gasteiger partial charge is 0.0195 e. The van der Waals surface area contributed by atoms with Gasteiger partial charge in [-0.3, -0.25) is 0 Å². The molecule has 106 valence electrons. The van der Waals surface area contributed by atoms with E-state index in [1.54, 1.807) is 0 Å². The molecule has 0 bridgehead atoms. The van der Waals surface area contributed by atoms with E-state index in [2.05, 4.69) is 38.0 Å². The zero-order valence-corrected chi connectivity index (χ0v) is 12.8. The molecule has 0 amide bonds. The van der Waals surface area contributed by atoms with Crippen molar-refractivity contribution in [3.8, 4) is 0 Å². The molecule has 1 heterocycles. The molecule has 0 radical (unpaired) electrons. The monoisotopic (exact) mass is 252 g/mol. The van der Waals surface area contributed by atoms with Gasteiger partial charge >= 0.3 is 0 Å². The molecule has 1 saturated heterocycles. The Hall–Kier alpha value is -0.0800. The summed E-state index contributed by atoms with van der Waals surface area (Å²) in [5.74, 6) is 0.849. The first-order valence-corrected chi connectivity index (χ1v) is 7.91. The van der Waals surface area contributed by atoms with Crippen molar-refractivity contribution in [3.05, 3.63) is 0 Å². The van der Waals surface area contributed by atoms with Gasteiger partial charge in [-0.15, -0.1) is 0 Å². The lowest BCUT2D eigenvalue weighted by Crippen LogP contribution is -2.49. The first-order chi connectivity index (χ1) is 8.48. The Bertz CT molecular complexity index is 256. The van der Waals surface area contributed by atoms with Gasteiger partial charge in [0, 0.05) is 18.6 Å². The summed E-state index contributed by atoms with van der Waals surface area (Å²) < 4.78 is 0. The molecule has 3 unspecified atom stereocenters. The molecule has 1 aliphatic heterocycles.